The summed E-state index contributed by atoms with van der Waals surface area (Å²) in [5.74, 6) is 2.07. The van der Waals surface area contributed by atoms with Crippen molar-refractivity contribution in [3.63, 3.8) is 0 Å². The van der Waals surface area contributed by atoms with Gasteiger partial charge in [-0.15, -0.1) is 0 Å². The molecule has 0 radical (unpaired) electrons. The Morgan fingerprint density at radius 2 is 1.75 bits per heavy atom. The van der Waals surface area contributed by atoms with Gasteiger partial charge in [-0.1, -0.05) is 51.9 Å². The third-order valence-electron chi connectivity index (χ3n) is 4.14. The normalized spacial score (nSPS) is 25.7. The first-order valence-corrected chi connectivity index (χ1v) is 8.26. The van der Waals surface area contributed by atoms with E-state index in [4.69, 9.17) is 0 Å². The average molecular weight is 335 g/mol. The zero-order valence-corrected chi connectivity index (χ0v) is 13.3. The van der Waals surface area contributed by atoms with Gasteiger partial charge in [-0.05, 0) is 24.7 Å². The van der Waals surface area contributed by atoms with Crippen molar-refractivity contribution in [1.29, 1.82) is 0 Å². The fourth-order valence-electron chi connectivity index (χ4n) is 2.95. The molecule has 0 saturated heterocycles. The lowest BCUT2D eigenvalue weighted by molar-refractivity contribution is 0.236. The average Bonchev–Trinajstić information content (AvgIpc) is 2.25. The highest BCUT2D eigenvalue weighted by atomic mass is 127. The van der Waals surface area contributed by atoms with E-state index in [2.05, 4.69) is 36.4 Å². The molecule has 0 amide bonds. The van der Waals surface area contributed by atoms with Gasteiger partial charge in [0.15, 0.2) is 3.92 Å². The van der Waals surface area contributed by atoms with Gasteiger partial charge in [-0.25, -0.2) is 0 Å². The van der Waals surface area contributed by atoms with Crippen LogP contribution in [-0.4, -0.2) is 0 Å². The summed E-state index contributed by atoms with van der Waals surface area (Å²) in [7, 11) is 0. The van der Waals surface area contributed by atoms with Crippen LogP contribution < -0.4 is 0 Å². The van der Waals surface area contributed by atoms with E-state index < -0.39 is 0 Å². The van der Waals surface area contributed by atoms with E-state index in [1.165, 1.54) is 64.2 Å². The number of hydrogen-bond donors (Lipinski definition) is 0. The maximum absolute atomic E-state index is 2.47. The van der Waals surface area contributed by atoms with Crippen LogP contribution in [0.5, 0.6) is 0 Å². The molecule has 16 heavy (non-hydrogen) atoms. The Kier molecular flexibility index (Phi) is 7.93. The maximum atomic E-state index is 2.47. The molecule has 1 saturated carbocycles. The largest absolute Gasteiger partial charge is 0.215 e. The van der Waals surface area contributed by atoms with E-state index in [1.54, 1.807) is 3.92 Å². The molecule has 1 aliphatic rings. The van der Waals surface area contributed by atoms with E-state index in [0.717, 1.165) is 11.8 Å². The smallest absolute Gasteiger partial charge is 0.0622 e. The van der Waals surface area contributed by atoms with Gasteiger partial charge in [0, 0.05) is 0 Å². The molecule has 0 aromatic heterocycles. The van der Waals surface area contributed by atoms with E-state index in [0.29, 0.717) is 0 Å². The Hall–Kier alpha value is 0.600. The van der Waals surface area contributed by atoms with Crippen molar-refractivity contribution in [2.45, 2.75) is 78.1 Å². The molecule has 0 spiro atoms. The Bertz CT molecular complexity index is 165. The molecule has 1 aliphatic carbocycles. The van der Waals surface area contributed by atoms with Crippen LogP contribution >= 0.6 is 22.6 Å². The van der Waals surface area contributed by atoms with Crippen molar-refractivity contribution in [3.05, 3.63) is 3.92 Å². The lowest BCUT2D eigenvalue weighted by atomic mass is 9.78. The fourth-order valence-corrected chi connectivity index (χ4v) is 3.33. The van der Waals surface area contributed by atoms with Crippen molar-refractivity contribution < 1.29 is 0 Å². The van der Waals surface area contributed by atoms with Gasteiger partial charge >= 0.3 is 0 Å². The van der Waals surface area contributed by atoms with Crippen LogP contribution in [-0.2, 0) is 0 Å². The zero-order valence-electron chi connectivity index (χ0n) is 11.1. The summed E-state index contributed by atoms with van der Waals surface area (Å²) in [6, 6.07) is 0. The van der Waals surface area contributed by atoms with Gasteiger partial charge in [0.1, 0.15) is 0 Å². The van der Waals surface area contributed by atoms with Crippen molar-refractivity contribution in [2.75, 3.05) is 0 Å². The molecule has 0 heterocycles. The highest BCUT2D eigenvalue weighted by Crippen LogP contribution is 2.33. The SMILES string of the molecule is C[C+](I)CCCCCCC1CCCCC1C. The molecule has 0 bridgehead atoms. The molecule has 0 nitrogen and oxygen atoms in total. The maximum Gasteiger partial charge on any atom is 0.215 e. The van der Waals surface area contributed by atoms with E-state index in [1.807, 2.05) is 0 Å². The molecule has 1 fully saturated rings. The number of halogens is 1. The summed E-state index contributed by atoms with van der Waals surface area (Å²) in [5, 5.41) is 0. The minimum Gasteiger partial charge on any atom is -0.0622 e. The van der Waals surface area contributed by atoms with E-state index in [-0.39, 0.29) is 0 Å². The first-order chi connectivity index (χ1) is 7.70. The Balaban J connectivity index is 1.94. The van der Waals surface area contributed by atoms with Crippen LogP contribution in [0.4, 0.5) is 0 Å². The predicted octanol–water partition coefficient (Wildman–Crippen LogP) is 6.14. The van der Waals surface area contributed by atoms with Gasteiger partial charge < -0.3 is 0 Å². The third-order valence-corrected chi connectivity index (χ3v) is 4.67. The summed E-state index contributed by atoms with van der Waals surface area (Å²) >= 11 is 2.46. The van der Waals surface area contributed by atoms with Crippen molar-refractivity contribution in [1.82, 2.24) is 0 Å². The molecule has 94 valence electrons. The highest BCUT2D eigenvalue weighted by Gasteiger charge is 2.20. The molecular formula is C15H28I+. The fraction of sp³-hybridized carbons (Fsp3) is 0.933. The monoisotopic (exact) mass is 335 g/mol. The molecule has 0 aliphatic heterocycles. The zero-order chi connectivity index (χ0) is 11.8. The van der Waals surface area contributed by atoms with Crippen LogP contribution in [0.15, 0.2) is 0 Å². The predicted molar refractivity (Wildman–Crippen MR) is 81.8 cm³/mol. The second-order valence-electron chi connectivity index (χ2n) is 5.65. The van der Waals surface area contributed by atoms with Gasteiger partial charge in [-0.2, -0.15) is 0 Å². The van der Waals surface area contributed by atoms with Crippen LogP contribution in [0.3, 0.4) is 0 Å². The summed E-state index contributed by atoms with van der Waals surface area (Å²) < 4.78 is 1.57. The van der Waals surface area contributed by atoms with Crippen molar-refractivity contribution >= 4 is 22.6 Å². The minimum atomic E-state index is 1.01. The second-order valence-corrected chi connectivity index (χ2v) is 7.49. The Morgan fingerprint density at radius 1 is 1.06 bits per heavy atom. The summed E-state index contributed by atoms with van der Waals surface area (Å²) in [6.45, 7) is 4.71. The first kappa shape index (κ1) is 14.7. The van der Waals surface area contributed by atoms with Gasteiger partial charge in [0.25, 0.3) is 0 Å². The molecule has 2 atom stereocenters. The summed E-state index contributed by atoms with van der Waals surface area (Å²) in [4.78, 5) is 0. The van der Waals surface area contributed by atoms with Crippen molar-refractivity contribution in [3.8, 4) is 0 Å². The standard InChI is InChI=1S/C15H28I/c1-13-9-7-8-12-15(13)11-6-4-3-5-10-14(2)16/h13,15H,3-12H2,1-2H3/q+1. The molecule has 0 aromatic carbocycles. The molecule has 0 aromatic rings. The van der Waals surface area contributed by atoms with Crippen LogP contribution in [0, 0.1) is 15.8 Å². The quantitative estimate of drug-likeness (QED) is 0.298. The molecule has 1 rings (SSSR count). The molecular weight excluding hydrogens is 307 g/mol. The van der Waals surface area contributed by atoms with Gasteiger partial charge in [0.2, 0.25) is 22.6 Å². The second kappa shape index (κ2) is 8.66. The van der Waals surface area contributed by atoms with E-state index in [9.17, 15) is 0 Å². The Labute approximate surface area is 116 Å². The molecule has 0 N–H and O–H groups in total. The summed E-state index contributed by atoms with van der Waals surface area (Å²) in [6.07, 6.45) is 14.6. The third kappa shape index (κ3) is 6.36. The highest BCUT2D eigenvalue weighted by molar-refractivity contribution is 14.1. The Morgan fingerprint density at radius 3 is 2.44 bits per heavy atom. The lowest BCUT2D eigenvalue weighted by Crippen LogP contribution is -2.16. The number of rotatable bonds is 7. The number of unbranched alkanes of at least 4 members (excludes halogenated alkanes) is 3. The molecule has 2 unspecified atom stereocenters. The van der Waals surface area contributed by atoms with Crippen LogP contribution in [0.25, 0.3) is 0 Å². The van der Waals surface area contributed by atoms with Crippen LogP contribution in [0.2, 0.25) is 0 Å². The summed E-state index contributed by atoms with van der Waals surface area (Å²) in [5.41, 5.74) is 0. The van der Waals surface area contributed by atoms with Gasteiger partial charge in [0.05, 0.1) is 13.3 Å². The first-order valence-electron chi connectivity index (χ1n) is 7.18. The topological polar surface area (TPSA) is 0 Å². The number of hydrogen-bond acceptors (Lipinski definition) is 0. The van der Waals surface area contributed by atoms with Gasteiger partial charge in [-0.3, -0.25) is 0 Å². The minimum absolute atomic E-state index is 1.01. The van der Waals surface area contributed by atoms with Crippen LogP contribution in [0.1, 0.15) is 78.1 Å². The van der Waals surface area contributed by atoms with E-state index >= 15 is 0 Å². The molecule has 1 heteroatoms. The lowest BCUT2D eigenvalue weighted by Gasteiger charge is -2.28. The van der Waals surface area contributed by atoms with Crippen molar-refractivity contribution in [2.24, 2.45) is 11.8 Å².